The molecule has 0 N–H and O–H groups in total. The van der Waals surface area contributed by atoms with Gasteiger partial charge in [0.1, 0.15) is 5.75 Å². The zero-order chi connectivity index (χ0) is 20.8. The summed E-state index contributed by atoms with van der Waals surface area (Å²) in [5.74, 6) is 0.107. The molecule has 1 heterocycles. The standard InChI is InChI=1S/C26H21NO3/c28-25-21(16-19-6-2-1-3-7-19)8-4-9-22(25)17-20-11-13-24(14-12-20)30-26(29)23-10-5-15-27-18-23/h1-3,5-7,10-18H,4,8-9H2/b21-16+,22-17+. The summed E-state index contributed by atoms with van der Waals surface area (Å²) in [5.41, 5.74) is 4.00. The summed E-state index contributed by atoms with van der Waals surface area (Å²) >= 11 is 0. The van der Waals surface area contributed by atoms with E-state index in [1.54, 1.807) is 30.5 Å². The summed E-state index contributed by atoms with van der Waals surface area (Å²) in [6, 6.07) is 20.4. The van der Waals surface area contributed by atoms with Crippen molar-refractivity contribution in [2.45, 2.75) is 19.3 Å². The molecule has 1 fully saturated rings. The molecule has 0 saturated heterocycles. The monoisotopic (exact) mass is 395 g/mol. The summed E-state index contributed by atoms with van der Waals surface area (Å²) in [7, 11) is 0. The van der Waals surface area contributed by atoms with Crippen molar-refractivity contribution < 1.29 is 14.3 Å². The molecule has 1 aromatic heterocycles. The smallest absolute Gasteiger partial charge is 0.345 e. The van der Waals surface area contributed by atoms with Gasteiger partial charge < -0.3 is 4.74 Å². The number of benzene rings is 2. The molecule has 1 aliphatic rings. The Labute approximate surface area is 175 Å². The van der Waals surface area contributed by atoms with Gasteiger partial charge in [-0.15, -0.1) is 0 Å². The number of allylic oxidation sites excluding steroid dienone is 2. The molecule has 4 heteroatoms. The predicted molar refractivity (Wildman–Crippen MR) is 117 cm³/mol. The number of aromatic nitrogens is 1. The van der Waals surface area contributed by atoms with E-state index in [2.05, 4.69) is 4.98 Å². The van der Waals surface area contributed by atoms with Crippen molar-refractivity contribution >= 4 is 23.9 Å². The summed E-state index contributed by atoms with van der Waals surface area (Å²) < 4.78 is 5.37. The molecule has 0 atom stereocenters. The molecule has 1 aliphatic carbocycles. The van der Waals surface area contributed by atoms with Gasteiger partial charge in [0.05, 0.1) is 5.56 Å². The summed E-state index contributed by atoms with van der Waals surface area (Å²) in [6.07, 6.45) is 9.50. The number of esters is 1. The highest BCUT2D eigenvalue weighted by Crippen LogP contribution is 2.28. The number of carbonyl (C=O) groups is 2. The van der Waals surface area contributed by atoms with Crippen LogP contribution in [0.2, 0.25) is 0 Å². The first-order chi connectivity index (χ1) is 14.7. The number of ether oxygens (including phenoxy) is 1. The van der Waals surface area contributed by atoms with Crippen molar-refractivity contribution in [2.24, 2.45) is 0 Å². The molecule has 4 nitrogen and oxygen atoms in total. The Kier molecular flexibility index (Phi) is 5.95. The van der Waals surface area contributed by atoms with E-state index in [4.69, 9.17) is 4.74 Å². The number of pyridine rings is 1. The van der Waals surface area contributed by atoms with Gasteiger partial charge in [-0.25, -0.2) is 4.79 Å². The Bertz CT molecular complexity index is 1100. The van der Waals surface area contributed by atoms with Crippen molar-refractivity contribution in [3.8, 4) is 5.75 Å². The fourth-order valence-corrected chi connectivity index (χ4v) is 3.41. The first-order valence-electron chi connectivity index (χ1n) is 9.92. The van der Waals surface area contributed by atoms with Gasteiger partial charge in [0.25, 0.3) is 0 Å². The number of hydrogen-bond acceptors (Lipinski definition) is 4. The molecule has 0 aliphatic heterocycles. The third kappa shape index (κ3) is 4.78. The van der Waals surface area contributed by atoms with Gasteiger partial charge in [0.2, 0.25) is 0 Å². The lowest BCUT2D eigenvalue weighted by molar-refractivity contribution is -0.112. The number of rotatable bonds is 4. The molecule has 4 rings (SSSR count). The van der Waals surface area contributed by atoms with Gasteiger partial charge in [0, 0.05) is 23.5 Å². The van der Waals surface area contributed by atoms with E-state index < -0.39 is 5.97 Å². The molecule has 148 valence electrons. The van der Waals surface area contributed by atoms with Crippen LogP contribution in [0.25, 0.3) is 12.2 Å². The maximum atomic E-state index is 12.9. The molecule has 1 saturated carbocycles. The van der Waals surface area contributed by atoms with Crippen LogP contribution in [0.1, 0.15) is 40.7 Å². The number of carbonyl (C=O) groups excluding carboxylic acids is 2. The zero-order valence-electron chi connectivity index (χ0n) is 16.5. The minimum absolute atomic E-state index is 0.109. The van der Waals surface area contributed by atoms with Crippen molar-refractivity contribution in [3.05, 3.63) is 107 Å². The molecule has 3 aromatic rings. The molecule has 0 bridgehead atoms. The van der Waals surface area contributed by atoms with Crippen LogP contribution in [0.4, 0.5) is 0 Å². The van der Waals surface area contributed by atoms with Crippen LogP contribution < -0.4 is 4.74 Å². The average molecular weight is 395 g/mol. The predicted octanol–water partition coefficient (Wildman–Crippen LogP) is 5.52. The first kappa shape index (κ1) is 19.5. The van der Waals surface area contributed by atoms with Gasteiger partial charge in [0.15, 0.2) is 5.78 Å². The topological polar surface area (TPSA) is 56.3 Å². The van der Waals surface area contributed by atoms with E-state index in [9.17, 15) is 9.59 Å². The molecular weight excluding hydrogens is 374 g/mol. The summed E-state index contributed by atoms with van der Waals surface area (Å²) in [5, 5.41) is 0. The van der Waals surface area contributed by atoms with Crippen LogP contribution in [-0.4, -0.2) is 16.7 Å². The fourth-order valence-electron chi connectivity index (χ4n) is 3.41. The maximum Gasteiger partial charge on any atom is 0.345 e. The summed E-state index contributed by atoms with van der Waals surface area (Å²) in [6.45, 7) is 0. The van der Waals surface area contributed by atoms with Crippen LogP contribution in [-0.2, 0) is 4.79 Å². The van der Waals surface area contributed by atoms with Crippen LogP contribution >= 0.6 is 0 Å². The molecule has 30 heavy (non-hydrogen) atoms. The quantitative estimate of drug-likeness (QED) is 0.332. The van der Waals surface area contributed by atoms with E-state index >= 15 is 0 Å². The SMILES string of the molecule is O=C1/C(=C/c2ccccc2)CCC/C1=C\c1ccc(OC(=O)c2cccnc2)cc1. The third-order valence-corrected chi connectivity index (χ3v) is 4.94. The minimum Gasteiger partial charge on any atom is -0.423 e. The summed E-state index contributed by atoms with van der Waals surface area (Å²) in [4.78, 5) is 28.9. The second-order valence-corrected chi connectivity index (χ2v) is 7.13. The second-order valence-electron chi connectivity index (χ2n) is 7.13. The van der Waals surface area contributed by atoms with E-state index in [1.807, 2.05) is 54.6 Å². The van der Waals surface area contributed by atoms with E-state index in [1.165, 1.54) is 6.20 Å². The second kappa shape index (κ2) is 9.14. The Morgan fingerprint density at radius 3 is 2.13 bits per heavy atom. The molecule has 2 aromatic carbocycles. The van der Waals surface area contributed by atoms with E-state index in [0.717, 1.165) is 41.5 Å². The fraction of sp³-hybridized carbons (Fsp3) is 0.115. The largest absolute Gasteiger partial charge is 0.423 e. The third-order valence-electron chi connectivity index (χ3n) is 4.94. The van der Waals surface area contributed by atoms with Gasteiger partial charge in [-0.3, -0.25) is 9.78 Å². The molecule has 0 unspecified atom stereocenters. The Morgan fingerprint density at radius 1 is 0.833 bits per heavy atom. The highest BCUT2D eigenvalue weighted by Gasteiger charge is 2.20. The Balaban J connectivity index is 1.47. The van der Waals surface area contributed by atoms with Crippen molar-refractivity contribution in [2.75, 3.05) is 0 Å². The van der Waals surface area contributed by atoms with Gasteiger partial charge in [-0.1, -0.05) is 42.5 Å². The molecule has 0 radical (unpaired) electrons. The van der Waals surface area contributed by atoms with E-state index in [0.29, 0.717) is 11.3 Å². The van der Waals surface area contributed by atoms with Crippen molar-refractivity contribution in [1.82, 2.24) is 4.98 Å². The maximum absolute atomic E-state index is 12.9. The highest BCUT2D eigenvalue weighted by atomic mass is 16.5. The molecule has 0 spiro atoms. The highest BCUT2D eigenvalue weighted by molar-refractivity contribution is 6.13. The normalized spacial score (nSPS) is 16.6. The lowest BCUT2D eigenvalue weighted by Crippen LogP contribution is -2.12. The molecular formula is C26H21NO3. The Hall–Kier alpha value is -3.79. The van der Waals surface area contributed by atoms with E-state index in [-0.39, 0.29) is 5.78 Å². The van der Waals surface area contributed by atoms with Crippen LogP contribution in [0, 0.1) is 0 Å². The van der Waals surface area contributed by atoms with Crippen molar-refractivity contribution in [1.29, 1.82) is 0 Å². The number of nitrogens with zero attached hydrogens (tertiary/aromatic N) is 1. The van der Waals surface area contributed by atoms with Crippen LogP contribution in [0.15, 0.2) is 90.3 Å². The number of Topliss-reactive ketones (excluding diaryl/α,β-unsaturated/α-hetero) is 1. The van der Waals surface area contributed by atoms with Gasteiger partial charge in [-0.05, 0) is 66.8 Å². The average Bonchev–Trinajstić information content (AvgIpc) is 2.79. The number of ketones is 1. The Morgan fingerprint density at radius 2 is 1.50 bits per heavy atom. The minimum atomic E-state index is -0.452. The zero-order valence-corrected chi connectivity index (χ0v) is 16.5. The first-order valence-corrected chi connectivity index (χ1v) is 9.92. The van der Waals surface area contributed by atoms with Gasteiger partial charge >= 0.3 is 5.97 Å². The van der Waals surface area contributed by atoms with Crippen molar-refractivity contribution in [3.63, 3.8) is 0 Å². The van der Waals surface area contributed by atoms with Gasteiger partial charge in [-0.2, -0.15) is 0 Å². The lowest BCUT2D eigenvalue weighted by atomic mass is 9.87. The molecule has 0 amide bonds. The van der Waals surface area contributed by atoms with Crippen LogP contribution in [0.5, 0.6) is 5.75 Å². The van der Waals surface area contributed by atoms with Crippen LogP contribution in [0.3, 0.4) is 0 Å². The number of hydrogen-bond donors (Lipinski definition) is 0. The lowest BCUT2D eigenvalue weighted by Gasteiger charge is -2.16.